The van der Waals surface area contributed by atoms with Gasteiger partial charge in [-0.05, 0) is 36.6 Å². The van der Waals surface area contributed by atoms with Crippen LogP contribution >= 0.6 is 11.6 Å². The minimum Gasteiger partial charge on any atom is -0.370 e. The van der Waals surface area contributed by atoms with Crippen molar-refractivity contribution in [1.29, 1.82) is 0 Å². The van der Waals surface area contributed by atoms with Crippen molar-refractivity contribution in [3.05, 3.63) is 65.2 Å². The Kier molecular flexibility index (Phi) is 3.84. The van der Waals surface area contributed by atoms with Crippen LogP contribution in [0.25, 0.3) is 0 Å². The van der Waals surface area contributed by atoms with Gasteiger partial charge in [0, 0.05) is 16.1 Å². The summed E-state index contributed by atoms with van der Waals surface area (Å²) in [4.78, 5) is 4.50. The highest BCUT2D eigenvalue weighted by Crippen LogP contribution is 2.50. The molecule has 3 N–H and O–H groups in total. The van der Waals surface area contributed by atoms with Gasteiger partial charge in [0.25, 0.3) is 0 Å². The molecule has 0 aliphatic heterocycles. The maximum Gasteiger partial charge on any atom is 0.193 e. The zero-order valence-electron chi connectivity index (χ0n) is 11.7. The molecule has 1 fully saturated rings. The molecule has 0 amide bonds. The molecule has 1 aliphatic rings. The Morgan fingerprint density at radius 3 is 2.43 bits per heavy atom. The first-order valence-electron chi connectivity index (χ1n) is 7.07. The molecule has 1 aliphatic carbocycles. The number of halogens is 1. The lowest BCUT2D eigenvalue weighted by Crippen LogP contribution is -2.25. The lowest BCUT2D eigenvalue weighted by molar-refractivity contribution is 0.706. The third-order valence-electron chi connectivity index (χ3n) is 3.90. The van der Waals surface area contributed by atoms with Gasteiger partial charge in [-0.2, -0.15) is 0 Å². The molecule has 0 bridgehead atoms. The Bertz CT molecular complexity index is 648. The Morgan fingerprint density at radius 1 is 1.10 bits per heavy atom. The summed E-state index contributed by atoms with van der Waals surface area (Å²) in [6, 6.07) is 17.8. The molecule has 108 valence electrons. The van der Waals surface area contributed by atoms with Crippen molar-refractivity contribution >= 4 is 23.2 Å². The van der Waals surface area contributed by atoms with E-state index in [1.807, 2.05) is 48.5 Å². The first-order valence-corrected chi connectivity index (χ1v) is 7.44. The molecule has 0 unspecified atom stereocenters. The molecule has 0 radical (unpaired) electrons. The summed E-state index contributed by atoms with van der Waals surface area (Å²) in [6.07, 6.45) is 2.22. The van der Waals surface area contributed by atoms with Crippen molar-refractivity contribution in [2.24, 2.45) is 10.7 Å². The summed E-state index contributed by atoms with van der Waals surface area (Å²) in [7, 11) is 0. The highest BCUT2D eigenvalue weighted by molar-refractivity contribution is 6.31. The zero-order chi connectivity index (χ0) is 14.7. The molecule has 0 heterocycles. The fourth-order valence-electron chi connectivity index (χ4n) is 2.50. The van der Waals surface area contributed by atoms with Crippen LogP contribution in [0.4, 0.5) is 5.69 Å². The zero-order valence-corrected chi connectivity index (χ0v) is 12.5. The van der Waals surface area contributed by atoms with Crippen molar-refractivity contribution < 1.29 is 0 Å². The van der Waals surface area contributed by atoms with Crippen LogP contribution in [0, 0.1) is 0 Å². The van der Waals surface area contributed by atoms with Crippen LogP contribution in [0.3, 0.4) is 0 Å². The van der Waals surface area contributed by atoms with Gasteiger partial charge in [0.2, 0.25) is 0 Å². The van der Waals surface area contributed by atoms with Crippen LogP contribution in [0.15, 0.2) is 59.6 Å². The number of rotatable bonds is 4. The fraction of sp³-hybridized carbons (Fsp3) is 0.235. The molecule has 1 saturated carbocycles. The van der Waals surface area contributed by atoms with Crippen LogP contribution in [-0.2, 0) is 5.41 Å². The number of anilines is 1. The molecule has 4 heteroatoms. The van der Waals surface area contributed by atoms with Gasteiger partial charge in [-0.15, -0.1) is 0 Å². The normalized spacial score (nSPS) is 16.5. The van der Waals surface area contributed by atoms with E-state index in [1.54, 1.807) is 0 Å². The maximum absolute atomic E-state index is 6.30. The summed E-state index contributed by atoms with van der Waals surface area (Å²) >= 11 is 6.30. The Hall–Kier alpha value is -2.00. The largest absolute Gasteiger partial charge is 0.370 e. The quantitative estimate of drug-likeness (QED) is 0.666. The van der Waals surface area contributed by atoms with Crippen LogP contribution in [0.2, 0.25) is 5.02 Å². The maximum atomic E-state index is 6.30. The second kappa shape index (κ2) is 5.78. The number of guanidine groups is 1. The number of hydrogen-bond acceptors (Lipinski definition) is 1. The predicted octanol–water partition coefficient (Wildman–Crippen LogP) is 3.80. The van der Waals surface area contributed by atoms with Crippen molar-refractivity contribution in [3.63, 3.8) is 0 Å². The Balaban J connectivity index is 1.69. The number of nitrogens with zero attached hydrogens (tertiary/aromatic N) is 1. The number of nitrogens with one attached hydrogen (secondary N) is 1. The standard InChI is InChI=1S/C17H18ClN3/c18-15-9-5-4-8-14(15)17(10-11-17)12-20-16(19)21-13-6-2-1-3-7-13/h1-9H,10-12H2,(H3,19,20,21). The van der Waals surface area contributed by atoms with Crippen LogP contribution in [0.1, 0.15) is 18.4 Å². The second-order valence-corrected chi connectivity index (χ2v) is 5.86. The topological polar surface area (TPSA) is 50.4 Å². The Labute approximate surface area is 129 Å². The summed E-state index contributed by atoms with van der Waals surface area (Å²) in [5.41, 5.74) is 8.16. The van der Waals surface area contributed by atoms with Crippen LogP contribution in [-0.4, -0.2) is 12.5 Å². The molecule has 3 nitrogen and oxygen atoms in total. The minimum absolute atomic E-state index is 0.0708. The average Bonchev–Trinajstić information content (AvgIpc) is 3.28. The van der Waals surface area contributed by atoms with Gasteiger partial charge >= 0.3 is 0 Å². The first-order chi connectivity index (χ1) is 10.2. The monoisotopic (exact) mass is 299 g/mol. The van der Waals surface area contributed by atoms with E-state index in [0.29, 0.717) is 12.5 Å². The SMILES string of the molecule is NC(=NCC1(c2ccccc2Cl)CC1)Nc1ccccc1. The predicted molar refractivity (Wildman–Crippen MR) is 88.9 cm³/mol. The number of hydrogen-bond donors (Lipinski definition) is 2. The summed E-state index contributed by atoms with van der Waals surface area (Å²) < 4.78 is 0. The van der Waals surface area contributed by atoms with Gasteiger partial charge in [0.05, 0.1) is 6.54 Å². The van der Waals surface area contributed by atoms with Crippen molar-refractivity contribution in [2.45, 2.75) is 18.3 Å². The van der Waals surface area contributed by atoms with E-state index in [9.17, 15) is 0 Å². The molecule has 0 spiro atoms. The molecule has 2 aromatic carbocycles. The number of para-hydroxylation sites is 1. The van der Waals surface area contributed by atoms with Gasteiger partial charge in [0.1, 0.15) is 0 Å². The smallest absolute Gasteiger partial charge is 0.193 e. The summed E-state index contributed by atoms with van der Waals surface area (Å²) in [6.45, 7) is 0.669. The number of nitrogens with two attached hydrogens (primary N) is 1. The lowest BCUT2D eigenvalue weighted by atomic mass is 9.96. The first kappa shape index (κ1) is 14.0. The van der Waals surface area contributed by atoms with E-state index in [-0.39, 0.29) is 5.41 Å². The molecular weight excluding hydrogens is 282 g/mol. The van der Waals surface area contributed by atoms with Gasteiger partial charge in [-0.3, -0.25) is 4.99 Å². The highest BCUT2D eigenvalue weighted by atomic mass is 35.5. The molecule has 0 saturated heterocycles. The van der Waals surface area contributed by atoms with Gasteiger partial charge < -0.3 is 11.1 Å². The third-order valence-corrected chi connectivity index (χ3v) is 4.23. The molecule has 3 rings (SSSR count). The van der Waals surface area contributed by atoms with E-state index < -0.39 is 0 Å². The van der Waals surface area contributed by atoms with Crippen molar-refractivity contribution in [2.75, 3.05) is 11.9 Å². The fourth-order valence-corrected chi connectivity index (χ4v) is 2.84. The van der Waals surface area contributed by atoms with E-state index in [1.165, 1.54) is 5.56 Å². The van der Waals surface area contributed by atoms with Gasteiger partial charge in [-0.25, -0.2) is 0 Å². The average molecular weight is 300 g/mol. The lowest BCUT2D eigenvalue weighted by Gasteiger charge is -2.15. The van der Waals surface area contributed by atoms with Crippen molar-refractivity contribution in [3.8, 4) is 0 Å². The van der Waals surface area contributed by atoms with Crippen LogP contribution in [0.5, 0.6) is 0 Å². The van der Waals surface area contributed by atoms with E-state index in [0.717, 1.165) is 23.6 Å². The van der Waals surface area contributed by atoms with Crippen LogP contribution < -0.4 is 11.1 Å². The molecule has 2 aromatic rings. The number of aliphatic imine (C=N–C) groups is 1. The number of benzene rings is 2. The molecular formula is C17H18ClN3. The second-order valence-electron chi connectivity index (χ2n) is 5.45. The minimum atomic E-state index is 0.0708. The van der Waals surface area contributed by atoms with Gasteiger partial charge in [-0.1, -0.05) is 48.0 Å². The van der Waals surface area contributed by atoms with Gasteiger partial charge in [0.15, 0.2) is 5.96 Å². The third kappa shape index (κ3) is 3.19. The van der Waals surface area contributed by atoms with Crippen molar-refractivity contribution in [1.82, 2.24) is 0 Å². The van der Waals surface area contributed by atoms with E-state index in [4.69, 9.17) is 17.3 Å². The summed E-state index contributed by atoms with van der Waals surface area (Å²) in [5, 5.41) is 3.92. The summed E-state index contributed by atoms with van der Waals surface area (Å²) in [5.74, 6) is 0.444. The Morgan fingerprint density at radius 2 is 1.76 bits per heavy atom. The molecule has 21 heavy (non-hydrogen) atoms. The molecule has 0 atom stereocenters. The highest BCUT2D eigenvalue weighted by Gasteiger charge is 2.45. The molecule has 0 aromatic heterocycles. The van der Waals surface area contributed by atoms with E-state index >= 15 is 0 Å². The van der Waals surface area contributed by atoms with E-state index in [2.05, 4.69) is 16.4 Å².